The van der Waals surface area contributed by atoms with Crippen LogP contribution in [0.5, 0.6) is 0 Å². The number of rotatable bonds is 8. The molecule has 0 radical (unpaired) electrons. The fourth-order valence-electron chi connectivity index (χ4n) is 1.88. The first-order valence-corrected chi connectivity index (χ1v) is 9.07. The zero-order chi connectivity index (χ0) is 15.2. The highest BCUT2D eigenvalue weighted by atomic mass is 79.9. The molecule has 0 aromatic heterocycles. The molecule has 0 fully saturated rings. The summed E-state index contributed by atoms with van der Waals surface area (Å²) in [5, 5.41) is 2.73. The van der Waals surface area contributed by atoms with Gasteiger partial charge < -0.3 is 5.32 Å². The lowest BCUT2D eigenvalue weighted by molar-refractivity contribution is 0.453. The highest BCUT2D eigenvalue weighted by Crippen LogP contribution is 2.15. The standard InChI is InChI=1S/C14H23BrN2O2S/c1-4-8-16-10-12(2)20(18,19)17(3)11-13-6-5-7-14(15)9-13/h5-7,9,12,16H,4,8,10-11H2,1-3H3. The van der Waals surface area contributed by atoms with E-state index in [9.17, 15) is 8.42 Å². The van der Waals surface area contributed by atoms with Crippen LogP contribution in [0.25, 0.3) is 0 Å². The molecule has 20 heavy (non-hydrogen) atoms. The fourth-order valence-corrected chi connectivity index (χ4v) is 3.60. The van der Waals surface area contributed by atoms with Gasteiger partial charge in [0.2, 0.25) is 10.0 Å². The van der Waals surface area contributed by atoms with Crippen LogP contribution in [0.4, 0.5) is 0 Å². The van der Waals surface area contributed by atoms with Crippen LogP contribution in [0.15, 0.2) is 28.7 Å². The molecular formula is C14H23BrN2O2S. The highest BCUT2D eigenvalue weighted by molar-refractivity contribution is 9.10. The molecule has 0 amide bonds. The largest absolute Gasteiger partial charge is 0.315 e. The molecule has 1 rings (SSSR count). The first-order chi connectivity index (χ1) is 9.37. The number of nitrogens with zero attached hydrogens (tertiary/aromatic N) is 1. The second-order valence-corrected chi connectivity index (χ2v) is 8.32. The molecule has 1 N–H and O–H groups in total. The van der Waals surface area contributed by atoms with Crippen molar-refractivity contribution < 1.29 is 8.42 Å². The van der Waals surface area contributed by atoms with Crippen LogP contribution in [-0.2, 0) is 16.6 Å². The van der Waals surface area contributed by atoms with E-state index in [0.717, 1.165) is 23.0 Å². The summed E-state index contributed by atoms with van der Waals surface area (Å²) >= 11 is 3.40. The van der Waals surface area contributed by atoms with Crippen LogP contribution in [0.3, 0.4) is 0 Å². The average Bonchev–Trinajstić information content (AvgIpc) is 2.38. The molecule has 6 heteroatoms. The van der Waals surface area contributed by atoms with Crippen molar-refractivity contribution in [2.45, 2.75) is 32.1 Å². The summed E-state index contributed by atoms with van der Waals surface area (Å²) in [6.07, 6.45) is 1.00. The van der Waals surface area contributed by atoms with E-state index in [0.29, 0.717) is 13.1 Å². The maximum Gasteiger partial charge on any atom is 0.218 e. The molecule has 0 aliphatic heterocycles. The lowest BCUT2D eigenvalue weighted by Gasteiger charge is -2.22. The summed E-state index contributed by atoms with van der Waals surface area (Å²) in [5.74, 6) is 0. The van der Waals surface area contributed by atoms with Crippen molar-refractivity contribution in [1.82, 2.24) is 9.62 Å². The lowest BCUT2D eigenvalue weighted by atomic mass is 10.2. The Bertz CT molecular complexity index is 520. The van der Waals surface area contributed by atoms with E-state index in [1.807, 2.05) is 24.3 Å². The van der Waals surface area contributed by atoms with Gasteiger partial charge in [-0.3, -0.25) is 0 Å². The predicted octanol–water partition coefficient (Wildman–Crippen LogP) is 2.60. The Morgan fingerprint density at radius 1 is 1.40 bits per heavy atom. The van der Waals surface area contributed by atoms with Gasteiger partial charge in [-0.2, -0.15) is 0 Å². The maximum absolute atomic E-state index is 12.4. The first kappa shape index (κ1) is 17.6. The van der Waals surface area contributed by atoms with Gasteiger partial charge in [0.05, 0.1) is 5.25 Å². The minimum atomic E-state index is -3.27. The zero-order valence-electron chi connectivity index (χ0n) is 12.3. The quantitative estimate of drug-likeness (QED) is 0.723. The van der Waals surface area contributed by atoms with Crippen LogP contribution in [0.2, 0.25) is 0 Å². The summed E-state index contributed by atoms with van der Waals surface area (Å²) in [7, 11) is -1.64. The molecule has 0 heterocycles. The van der Waals surface area contributed by atoms with Crippen molar-refractivity contribution in [3.8, 4) is 0 Å². The van der Waals surface area contributed by atoms with Crippen LogP contribution in [0.1, 0.15) is 25.8 Å². The summed E-state index contributed by atoms with van der Waals surface area (Å²) < 4.78 is 27.2. The first-order valence-electron chi connectivity index (χ1n) is 6.78. The Labute approximate surface area is 130 Å². The van der Waals surface area contributed by atoms with Gasteiger partial charge in [-0.15, -0.1) is 0 Å². The van der Waals surface area contributed by atoms with E-state index in [-0.39, 0.29) is 0 Å². The van der Waals surface area contributed by atoms with Crippen molar-refractivity contribution in [2.24, 2.45) is 0 Å². The number of hydrogen-bond donors (Lipinski definition) is 1. The van der Waals surface area contributed by atoms with Gasteiger partial charge >= 0.3 is 0 Å². The van der Waals surface area contributed by atoms with Gasteiger partial charge in [-0.25, -0.2) is 12.7 Å². The second kappa shape index (κ2) is 8.12. The van der Waals surface area contributed by atoms with E-state index >= 15 is 0 Å². The Kier molecular flexibility index (Phi) is 7.15. The molecule has 1 unspecified atom stereocenters. The zero-order valence-corrected chi connectivity index (χ0v) is 14.7. The fraction of sp³-hybridized carbons (Fsp3) is 0.571. The second-order valence-electron chi connectivity index (χ2n) is 4.95. The number of hydrogen-bond acceptors (Lipinski definition) is 3. The molecule has 1 atom stereocenters. The molecular weight excluding hydrogens is 340 g/mol. The van der Waals surface area contributed by atoms with Gasteiger partial charge in [0.15, 0.2) is 0 Å². The van der Waals surface area contributed by atoms with Crippen LogP contribution in [-0.4, -0.2) is 38.1 Å². The van der Waals surface area contributed by atoms with Crippen LogP contribution >= 0.6 is 15.9 Å². The monoisotopic (exact) mass is 362 g/mol. The molecule has 0 aliphatic carbocycles. The van der Waals surface area contributed by atoms with Gasteiger partial charge in [0.25, 0.3) is 0 Å². The van der Waals surface area contributed by atoms with Crippen molar-refractivity contribution in [1.29, 1.82) is 0 Å². The molecule has 0 saturated carbocycles. The lowest BCUT2D eigenvalue weighted by Crippen LogP contribution is -2.40. The molecule has 1 aromatic rings. The summed E-state index contributed by atoms with van der Waals surface area (Å²) in [6.45, 7) is 5.52. The Balaban J connectivity index is 2.66. The van der Waals surface area contributed by atoms with Gasteiger partial charge in [-0.05, 0) is 37.6 Å². The number of benzene rings is 1. The van der Waals surface area contributed by atoms with E-state index in [1.165, 1.54) is 4.31 Å². The van der Waals surface area contributed by atoms with E-state index < -0.39 is 15.3 Å². The Morgan fingerprint density at radius 2 is 2.10 bits per heavy atom. The van der Waals surface area contributed by atoms with E-state index in [2.05, 4.69) is 28.2 Å². The minimum absolute atomic E-state index is 0.389. The number of nitrogens with one attached hydrogen (secondary N) is 1. The summed E-state index contributed by atoms with van der Waals surface area (Å²) in [6, 6.07) is 7.70. The third-order valence-electron chi connectivity index (χ3n) is 3.10. The van der Waals surface area contributed by atoms with Crippen LogP contribution < -0.4 is 5.32 Å². The van der Waals surface area contributed by atoms with Crippen molar-refractivity contribution in [2.75, 3.05) is 20.1 Å². The smallest absolute Gasteiger partial charge is 0.218 e. The third kappa shape index (κ3) is 5.16. The number of sulfonamides is 1. The van der Waals surface area contributed by atoms with Gasteiger partial charge in [0, 0.05) is 24.6 Å². The van der Waals surface area contributed by atoms with E-state index in [1.54, 1.807) is 14.0 Å². The third-order valence-corrected chi connectivity index (χ3v) is 5.77. The van der Waals surface area contributed by atoms with E-state index in [4.69, 9.17) is 0 Å². The SMILES string of the molecule is CCCNCC(C)S(=O)(=O)N(C)Cc1cccc(Br)c1. The van der Waals surface area contributed by atoms with Gasteiger partial charge in [-0.1, -0.05) is 35.0 Å². The van der Waals surface area contributed by atoms with Crippen molar-refractivity contribution in [3.63, 3.8) is 0 Å². The minimum Gasteiger partial charge on any atom is -0.315 e. The molecule has 0 spiro atoms. The molecule has 0 bridgehead atoms. The molecule has 114 valence electrons. The average molecular weight is 363 g/mol. The predicted molar refractivity (Wildman–Crippen MR) is 87.2 cm³/mol. The van der Waals surface area contributed by atoms with Crippen molar-refractivity contribution >= 4 is 26.0 Å². The normalized spacial score (nSPS) is 13.7. The topological polar surface area (TPSA) is 49.4 Å². The summed E-state index contributed by atoms with van der Waals surface area (Å²) in [5.41, 5.74) is 0.971. The number of halogens is 1. The van der Waals surface area contributed by atoms with Crippen molar-refractivity contribution in [3.05, 3.63) is 34.3 Å². The molecule has 4 nitrogen and oxygen atoms in total. The highest BCUT2D eigenvalue weighted by Gasteiger charge is 2.25. The van der Waals surface area contributed by atoms with Gasteiger partial charge in [0.1, 0.15) is 0 Å². The Hall–Kier alpha value is -0.430. The molecule has 0 saturated heterocycles. The summed E-state index contributed by atoms with van der Waals surface area (Å²) in [4.78, 5) is 0. The maximum atomic E-state index is 12.4. The molecule has 1 aromatic carbocycles. The van der Waals surface area contributed by atoms with Crippen LogP contribution in [0, 0.1) is 0 Å². The Morgan fingerprint density at radius 3 is 2.70 bits per heavy atom. The molecule has 0 aliphatic rings.